The van der Waals surface area contributed by atoms with Crippen LogP contribution in [0.5, 0.6) is 0 Å². The fourth-order valence-corrected chi connectivity index (χ4v) is 3.81. The number of thioether (sulfide) groups is 1. The number of amides is 1. The number of para-hydroxylation sites is 1. The van der Waals surface area contributed by atoms with Crippen molar-refractivity contribution < 1.29 is 4.79 Å². The number of carbonyl (C=O) groups is 1. The Morgan fingerprint density at radius 1 is 1.25 bits per heavy atom. The van der Waals surface area contributed by atoms with E-state index in [0.717, 1.165) is 26.8 Å². The Hall–Kier alpha value is -1.82. The topological polar surface area (TPSA) is 42.0 Å². The molecule has 2 aromatic carbocycles. The maximum atomic E-state index is 12.3. The zero-order valence-electron chi connectivity index (χ0n) is 13.0. The molecule has 1 N–H and O–H groups in total. The molecule has 0 aliphatic carbocycles. The van der Waals surface area contributed by atoms with Gasteiger partial charge in [0.1, 0.15) is 5.01 Å². The zero-order valence-corrected chi connectivity index (χ0v) is 15.3. The van der Waals surface area contributed by atoms with Crippen molar-refractivity contribution in [3.8, 4) is 10.6 Å². The molecule has 1 heterocycles. The van der Waals surface area contributed by atoms with Crippen molar-refractivity contribution in [2.75, 3.05) is 11.6 Å². The van der Waals surface area contributed by atoms with Crippen LogP contribution in [-0.4, -0.2) is 17.1 Å². The lowest BCUT2D eigenvalue weighted by atomic mass is 10.2. The van der Waals surface area contributed by atoms with E-state index in [1.54, 1.807) is 11.8 Å². The van der Waals surface area contributed by atoms with Crippen LogP contribution in [0.15, 0.2) is 58.8 Å². The minimum absolute atomic E-state index is 0.0700. The molecule has 6 heteroatoms. The van der Waals surface area contributed by atoms with E-state index in [4.69, 9.17) is 11.6 Å². The number of halogens is 1. The first-order valence-corrected chi connectivity index (χ1v) is 9.77. The SMILES string of the molecule is CSc1ccccc1NC(=O)Cc1csc(-c2cccc(Cl)c2)n1. The zero-order chi connectivity index (χ0) is 16.9. The predicted molar refractivity (Wildman–Crippen MR) is 103 cm³/mol. The highest BCUT2D eigenvalue weighted by Crippen LogP contribution is 2.27. The number of anilines is 1. The highest BCUT2D eigenvalue weighted by Gasteiger charge is 2.11. The molecule has 1 aromatic heterocycles. The fraction of sp³-hybridized carbons (Fsp3) is 0.111. The number of carbonyl (C=O) groups excluding carboxylic acids is 1. The summed E-state index contributed by atoms with van der Waals surface area (Å²) in [4.78, 5) is 17.9. The largest absolute Gasteiger partial charge is 0.325 e. The van der Waals surface area contributed by atoms with Gasteiger partial charge in [-0.2, -0.15) is 0 Å². The van der Waals surface area contributed by atoms with Crippen LogP contribution in [0, 0.1) is 0 Å². The van der Waals surface area contributed by atoms with E-state index in [2.05, 4.69) is 10.3 Å². The number of hydrogen-bond donors (Lipinski definition) is 1. The van der Waals surface area contributed by atoms with Gasteiger partial charge < -0.3 is 5.32 Å². The minimum atomic E-state index is -0.0700. The molecule has 0 aliphatic rings. The maximum Gasteiger partial charge on any atom is 0.230 e. The van der Waals surface area contributed by atoms with Gasteiger partial charge in [0.05, 0.1) is 17.8 Å². The molecule has 3 nitrogen and oxygen atoms in total. The van der Waals surface area contributed by atoms with Gasteiger partial charge in [-0.15, -0.1) is 23.1 Å². The summed E-state index contributed by atoms with van der Waals surface area (Å²) in [6, 6.07) is 15.3. The maximum absolute atomic E-state index is 12.3. The van der Waals surface area contributed by atoms with E-state index in [1.807, 2.05) is 60.2 Å². The summed E-state index contributed by atoms with van der Waals surface area (Å²) >= 11 is 9.13. The van der Waals surface area contributed by atoms with Crippen molar-refractivity contribution in [1.82, 2.24) is 4.98 Å². The molecule has 122 valence electrons. The normalized spacial score (nSPS) is 10.6. The van der Waals surface area contributed by atoms with Crippen molar-refractivity contribution >= 4 is 46.3 Å². The fourth-order valence-electron chi connectivity index (χ4n) is 2.25. The molecule has 3 rings (SSSR count). The first-order valence-electron chi connectivity index (χ1n) is 7.29. The third-order valence-corrected chi connectivity index (χ3v) is 5.32. The quantitative estimate of drug-likeness (QED) is 0.610. The van der Waals surface area contributed by atoms with Gasteiger partial charge in [-0.1, -0.05) is 35.9 Å². The van der Waals surface area contributed by atoms with Crippen LogP contribution >= 0.6 is 34.7 Å². The van der Waals surface area contributed by atoms with E-state index in [1.165, 1.54) is 11.3 Å². The summed E-state index contributed by atoms with van der Waals surface area (Å²) in [6.45, 7) is 0. The summed E-state index contributed by atoms with van der Waals surface area (Å²) in [7, 11) is 0. The van der Waals surface area contributed by atoms with Crippen molar-refractivity contribution in [2.45, 2.75) is 11.3 Å². The lowest BCUT2D eigenvalue weighted by Gasteiger charge is -2.08. The van der Waals surface area contributed by atoms with E-state index in [0.29, 0.717) is 5.02 Å². The standard InChI is InChI=1S/C18H15ClN2OS2/c1-23-16-8-3-2-7-15(16)21-17(22)10-14-11-24-18(20-14)12-5-4-6-13(19)9-12/h2-9,11H,10H2,1H3,(H,21,22). The number of benzene rings is 2. The number of aromatic nitrogens is 1. The Labute approximate surface area is 154 Å². The third-order valence-electron chi connectivity index (χ3n) is 3.35. The monoisotopic (exact) mass is 374 g/mol. The van der Waals surface area contributed by atoms with Crippen LogP contribution in [0.2, 0.25) is 5.02 Å². The summed E-state index contributed by atoms with van der Waals surface area (Å²) in [5.74, 6) is -0.0700. The molecular formula is C18H15ClN2OS2. The number of thiazole rings is 1. The van der Waals surface area contributed by atoms with Crippen LogP contribution < -0.4 is 5.32 Å². The van der Waals surface area contributed by atoms with Crippen molar-refractivity contribution in [3.05, 3.63) is 64.6 Å². The van der Waals surface area contributed by atoms with Gasteiger partial charge in [0.25, 0.3) is 0 Å². The lowest BCUT2D eigenvalue weighted by molar-refractivity contribution is -0.115. The first kappa shape index (κ1) is 17.0. The average Bonchev–Trinajstić information content (AvgIpc) is 3.03. The predicted octanol–water partition coefficient (Wildman–Crippen LogP) is 5.37. The van der Waals surface area contributed by atoms with Crippen molar-refractivity contribution in [3.63, 3.8) is 0 Å². The van der Waals surface area contributed by atoms with Gasteiger partial charge >= 0.3 is 0 Å². The molecule has 0 fully saturated rings. The molecule has 0 saturated heterocycles. The van der Waals surface area contributed by atoms with Crippen LogP contribution in [0.25, 0.3) is 10.6 Å². The van der Waals surface area contributed by atoms with Crippen LogP contribution in [0.1, 0.15) is 5.69 Å². The first-order chi connectivity index (χ1) is 11.7. The van der Waals surface area contributed by atoms with E-state index < -0.39 is 0 Å². The van der Waals surface area contributed by atoms with Crippen LogP contribution in [0.3, 0.4) is 0 Å². The molecule has 0 radical (unpaired) electrons. The third kappa shape index (κ3) is 4.17. The average molecular weight is 375 g/mol. The summed E-state index contributed by atoms with van der Waals surface area (Å²) in [5, 5.41) is 6.41. The second kappa shape index (κ2) is 7.83. The highest BCUT2D eigenvalue weighted by atomic mass is 35.5. The van der Waals surface area contributed by atoms with E-state index in [-0.39, 0.29) is 12.3 Å². The number of rotatable bonds is 5. The number of hydrogen-bond acceptors (Lipinski definition) is 4. The minimum Gasteiger partial charge on any atom is -0.325 e. The Morgan fingerprint density at radius 3 is 2.88 bits per heavy atom. The molecular weight excluding hydrogens is 360 g/mol. The Morgan fingerprint density at radius 2 is 2.08 bits per heavy atom. The molecule has 0 spiro atoms. The molecule has 0 bridgehead atoms. The van der Waals surface area contributed by atoms with Gasteiger partial charge in [-0.3, -0.25) is 4.79 Å². The Kier molecular flexibility index (Phi) is 5.56. The summed E-state index contributed by atoms with van der Waals surface area (Å²) in [5.41, 5.74) is 2.56. The smallest absolute Gasteiger partial charge is 0.230 e. The Bertz CT molecular complexity index is 863. The van der Waals surface area contributed by atoms with Gasteiger partial charge in [-0.05, 0) is 30.5 Å². The Balaban J connectivity index is 1.69. The highest BCUT2D eigenvalue weighted by molar-refractivity contribution is 7.98. The molecule has 3 aromatic rings. The van der Waals surface area contributed by atoms with Gasteiger partial charge in [0, 0.05) is 20.9 Å². The van der Waals surface area contributed by atoms with E-state index in [9.17, 15) is 4.79 Å². The van der Waals surface area contributed by atoms with Crippen LogP contribution in [-0.2, 0) is 11.2 Å². The number of nitrogens with one attached hydrogen (secondary N) is 1. The van der Waals surface area contributed by atoms with Gasteiger partial charge in [0.15, 0.2) is 0 Å². The molecule has 24 heavy (non-hydrogen) atoms. The molecule has 0 unspecified atom stereocenters. The molecule has 0 atom stereocenters. The molecule has 0 saturated carbocycles. The van der Waals surface area contributed by atoms with Crippen LogP contribution in [0.4, 0.5) is 5.69 Å². The summed E-state index contributed by atoms with van der Waals surface area (Å²) < 4.78 is 0. The second-order valence-corrected chi connectivity index (χ2v) is 7.22. The van der Waals surface area contributed by atoms with E-state index >= 15 is 0 Å². The summed E-state index contributed by atoms with van der Waals surface area (Å²) in [6.07, 6.45) is 2.24. The van der Waals surface area contributed by atoms with Gasteiger partial charge in [-0.25, -0.2) is 4.98 Å². The van der Waals surface area contributed by atoms with Crippen molar-refractivity contribution in [1.29, 1.82) is 0 Å². The second-order valence-electron chi connectivity index (χ2n) is 5.08. The molecule has 0 aliphatic heterocycles. The van der Waals surface area contributed by atoms with Crippen molar-refractivity contribution in [2.24, 2.45) is 0 Å². The van der Waals surface area contributed by atoms with Gasteiger partial charge in [0.2, 0.25) is 5.91 Å². The lowest BCUT2D eigenvalue weighted by Crippen LogP contribution is -2.15. The molecule has 1 amide bonds. The number of nitrogens with zero attached hydrogens (tertiary/aromatic N) is 1.